The minimum Gasteiger partial charge on any atom is -0.497 e. The Bertz CT molecular complexity index is 1680. The van der Waals surface area contributed by atoms with Gasteiger partial charge >= 0.3 is 0 Å². The number of aromatic nitrogens is 3. The number of nitrogens with zero attached hydrogens (tertiary/aromatic N) is 3. The second-order valence-electron chi connectivity index (χ2n) is 10.1. The van der Waals surface area contributed by atoms with Crippen LogP contribution in [0.3, 0.4) is 0 Å². The highest BCUT2D eigenvalue weighted by molar-refractivity contribution is 6.01. The molecule has 6 rings (SSSR count). The predicted octanol–water partition coefficient (Wildman–Crippen LogP) is 5.76. The summed E-state index contributed by atoms with van der Waals surface area (Å²) >= 11 is 0. The van der Waals surface area contributed by atoms with E-state index in [-0.39, 0.29) is 30.6 Å². The Morgan fingerprint density at radius 1 is 1.08 bits per heavy atom. The molecule has 3 aromatic heterocycles. The van der Waals surface area contributed by atoms with E-state index in [1.165, 1.54) is 5.56 Å². The lowest BCUT2D eigenvalue weighted by molar-refractivity contribution is -0.133. The van der Waals surface area contributed by atoms with E-state index in [9.17, 15) is 9.59 Å². The lowest BCUT2D eigenvalue weighted by Gasteiger charge is -2.30. The summed E-state index contributed by atoms with van der Waals surface area (Å²) in [6, 6.07) is 23.6. The highest BCUT2D eigenvalue weighted by Crippen LogP contribution is 2.27. The van der Waals surface area contributed by atoms with Gasteiger partial charge in [-0.2, -0.15) is 0 Å². The molecule has 0 saturated heterocycles. The molecule has 0 bridgehead atoms. The minimum atomic E-state index is -0.0286. The molecule has 5 aromatic rings. The SMILES string of the molecule is COc1ccc2[nH]c(C(=O)CC3=CC[C@H](Cc4ccccc4)N(Cc4cnc5ccccn45)C(=O)C3)cc2c1. The number of methoxy groups -OCH3 is 1. The average molecular weight is 519 g/mol. The van der Waals surface area contributed by atoms with E-state index >= 15 is 0 Å². The van der Waals surface area contributed by atoms with E-state index in [0.717, 1.165) is 40.0 Å². The maximum Gasteiger partial charge on any atom is 0.227 e. The van der Waals surface area contributed by atoms with Crippen LogP contribution in [-0.2, 0) is 17.8 Å². The first-order valence-electron chi connectivity index (χ1n) is 13.2. The maximum atomic E-state index is 13.7. The number of fused-ring (bicyclic) bond motifs is 2. The van der Waals surface area contributed by atoms with Crippen molar-refractivity contribution in [1.29, 1.82) is 0 Å². The quantitative estimate of drug-likeness (QED) is 0.209. The fourth-order valence-electron chi connectivity index (χ4n) is 5.40. The van der Waals surface area contributed by atoms with Crippen molar-refractivity contribution in [1.82, 2.24) is 19.3 Å². The molecule has 196 valence electrons. The van der Waals surface area contributed by atoms with Crippen molar-refractivity contribution in [2.45, 2.75) is 38.3 Å². The van der Waals surface area contributed by atoms with Crippen molar-refractivity contribution in [3.63, 3.8) is 0 Å². The van der Waals surface area contributed by atoms with E-state index < -0.39 is 0 Å². The van der Waals surface area contributed by atoms with Crippen LogP contribution in [0.1, 0.15) is 41.0 Å². The van der Waals surface area contributed by atoms with E-state index in [4.69, 9.17) is 4.74 Å². The number of aromatic amines is 1. The minimum absolute atomic E-state index is 0.0256. The van der Waals surface area contributed by atoms with E-state index in [2.05, 4.69) is 28.2 Å². The van der Waals surface area contributed by atoms with Crippen LogP contribution in [0.2, 0.25) is 0 Å². The number of ether oxygens (including phenoxy) is 1. The van der Waals surface area contributed by atoms with Crippen molar-refractivity contribution >= 4 is 28.2 Å². The number of nitrogens with one attached hydrogen (secondary N) is 1. The Morgan fingerprint density at radius 3 is 2.77 bits per heavy atom. The molecule has 7 heteroatoms. The Hall–Kier alpha value is -4.65. The first-order valence-corrected chi connectivity index (χ1v) is 13.2. The smallest absolute Gasteiger partial charge is 0.227 e. The van der Waals surface area contributed by atoms with Gasteiger partial charge < -0.3 is 19.0 Å². The molecule has 1 N–H and O–H groups in total. The van der Waals surface area contributed by atoms with Crippen molar-refractivity contribution < 1.29 is 14.3 Å². The number of rotatable bonds is 8. The summed E-state index contributed by atoms with van der Waals surface area (Å²) in [6.07, 6.45) is 7.78. The summed E-state index contributed by atoms with van der Waals surface area (Å²) in [4.78, 5) is 36.7. The van der Waals surface area contributed by atoms with Gasteiger partial charge in [-0.25, -0.2) is 4.98 Å². The first kappa shape index (κ1) is 24.7. The molecular formula is C32H30N4O3. The fraction of sp³-hybridized carbons (Fsp3) is 0.219. The number of Topliss-reactive ketones (excluding diaryl/α,β-unsaturated/α-hetero) is 1. The number of H-pyrrole nitrogens is 1. The molecule has 39 heavy (non-hydrogen) atoms. The number of carbonyl (C=O) groups is 2. The number of hydrogen-bond acceptors (Lipinski definition) is 4. The van der Waals surface area contributed by atoms with E-state index in [1.54, 1.807) is 7.11 Å². The van der Waals surface area contributed by atoms with Gasteiger partial charge in [0.1, 0.15) is 11.4 Å². The highest BCUT2D eigenvalue weighted by atomic mass is 16.5. The van der Waals surface area contributed by atoms with Gasteiger partial charge in [0.05, 0.1) is 31.2 Å². The molecule has 0 radical (unpaired) electrons. The summed E-state index contributed by atoms with van der Waals surface area (Å²) in [5.41, 5.74) is 5.28. The second-order valence-corrected chi connectivity index (χ2v) is 10.1. The molecule has 0 saturated carbocycles. The topological polar surface area (TPSA) is 79.7 Å². The lowest BCUT2D eigenvalue weighted by atomic mass is 10.0. The van der Waals surface area contributed by atoms with Crippen LogP contribution in [-0.4, -0.2) is 44.1 Å². The molecule has 7 nitrogen and oxygen atoms in total. The second kappa shape index (κ2) is 10.6. The summed E-state index contributed by atoms with van der Waals surface area (Å²) in [6.45, 7) is 0.459. The maximum absolute atomic E-state index is 13.7. The third kappa shape index (κ3) is 5.21. The summed E-state index contributed by atoms with van der Waals surface area (Å²) in [5.74, 6) is 0.742. The number of benzene rings is 2. The molecule has 1 aliphatic heterocycles. The van der Waals surface area contributed by atoms with Crippen LogP contribution < -0.4 is 4.74 Å². The number of ketones is 1. The molecule has 1 amide bonds. The van der Waals surface area contributed by atoms with Crippen LogP contribution in [0.4, 0.5) is 0 Å². The average Bonchev–Trinajstić information content (AvgIpc) is 3.54. The van der Waals surface area contributed by atoms with Crippen molar-refractivity contribution in [3.8, 4) is 5.75 Å². The third-order valence-electron chi connectivity index (χ3n) is 7.47. The number of amides is 1. The van der Waals surface area contributed by atoms with Crippen molar-refractivity contribution in [2.24, 2.45) is 0 Å². The zero-order valence-corrected chi connectivity index (χ0v) is 21.8. The number of hydrogen-bond donors (Lipinski definition) is 1. The lowest BCUT2D eigenvalue weighted by Crippen LogP contribution is -2.40. The standard InChI is InChI=1S/C32H30N4O3/c1-39-27-12-13-28-24(18-27)19-29(34-28)30(37)16-23-10-11-25(15-22-7-3-2-4-8-22)36(32(38)17-23)21-26-20-33-31-9-5-6-14-35(26)31/h2-10,12-14,18-20,25,34H,11,15-17,21H2,1H3/t25-/m1/s1. The molecular weight excluding hydrogens is 488 g/mol. The third-order valence-corrected chi connectivity index (χ3v) is 7.47. The molecule has 2 aromatic carbocycles. The monoisotopic (exact) mass is 518 g/mol. The van der Waals surface area contributed by atoms with Crippen molar-refractivity contribution in [3.05, 3.63) is 114 Å². The number of imidazole rings is 1. The van der Waals surface area contributed by atoms with Gasteiger partial charge in [0, 0.05) is 36.0 Å². The van der Waals surface area contributed by atoms with Crippen LogP contribution >= 0.6 is 0 Å². The molecule has 1 atom stereocenters. The summed E-state index contributed by atoms with van der Waals surface area (Å²) in [7, 11) is 1.62. The van der Waals surface area contributed by atoms with Crippen LogP contribution in [0.15, 0.2) is 96.8 Å². The Labute approximate surface area is 226 Å². The molecule has 4 heterocycles. The Morgan fingerprint density at radius 2 is 1.92 bits per heavy atom. The Balaban J connectivity index is 1.25. The van der Waals surface area contributed by atoms with Gasteiger partial charge in [0.2, 0.25) is 5.91 Å². The largest absolute Gasteiger partial charge is 0.497 e. The van der Waals surface area contributed by atoms with E-state index in [1.807, 2.05) is 82.4 Å². The Kier molecular flexibility index (Phi) is 6.71. The van der Waals surface area contributed by atoms with Gasteiger partial charge in [-0.3, -0.25) is 9.59 Å². The summed E-state index contributed by atoms with van der Waals surface area (Å²) < 4.78 is 7.34. The summed E-state index contributed by atoms with van der Waals surface area (Å²) in [5, 5.41) is 0.922. The normalized spacial score (nSPS) is 15.9. The zero-order chi connectivity index (χ0) is 26.8. The fourth-order valence-corrected chi connectivity index (χ4v) is 5.40. The molecule has 0 fully saturated rings. The highest BCUT2D eigenvalue weighted by Gasteiger charge is 2.29. The molecule has 0 spiro atoms. The van der Waals surface area contributed by atoms with Crippen molar-refractivity contribution in [2.75, 3.05) is 7.11 Å². The number of pyridine rings is 1. The molecule has 1 aliphatic rings. The van der Waals surface area contributed by atoms with Crippen LogP contribution in [0.25, 0.3) is 16.6 Å². The zero-order valence-electron chi connectivity index (χ0n) is 21.8. The molecule has 0 aliphatic carbocycles. The first-order chi connectivity index (χ1) is 19.1. The van der Waals surface area contributed by atoms with Gasteiger partial charge in [-0.1, -0.05) is 48.0 Å². The van der Waals surface area contributed by atoms with Gasteiger partial charge in [0.25, 0.3) is 0 Å². The van der Waals surface area contributed by atoms with Crippen LogP contribution in [0.5, 0.6) is 5.75 Å². The predicted molar refractivity (Wildman–Crippen MR) is 151 cm³/mol. The van der Waals surface area contributed by atoms with Crippen LogP contribution in [0, 0.1) is 0 Å². The van der Waals surface area contributed by atoms with Gasteiger partial charge in [-0.05, 0) is 54.8 Å². The van der Waals surface area contributed by atoms with Gasteiger partial charge in [-0.15, -0.1) is 0 Å². The van der Waals surface area contributed by atoms with Gasteiger partial charge in [0.15, 0.2) is 5.78 Å². The van der Waals surface area contributed by atoms with E-state index in [0.29, 0.717) is 18.7 Å². The number of carbonyl (C=O) groups excluding carboxylic acids is 2. The molecule has 0 unspecified atom stereocenters.